The van der Waals surface area contributed by atoms with Crippen molar-refractivity contribution in [3.05, 3.63) is 23.8 Å². The fourth-order valence-corrected chi connectivity index (χ4v) is 1.98. The van der Waals surface area contributed by atoms with E-state index in [0.29, 0.717) is 5.39 Å². The van der Waals surface area contributed by atoms with E-state index < -0.39 is 0 Å². The Hall–Kier alpha value is -1.73. The van der Waals surface area contributed by atoms with Gasteiger partial charge in [-0.25, -0.2) is 0 Å². The lowest BCUT2D eigenvalue weighted by Crippen LogP contribution is -1.74. The quantitative estimate of drug-likeness (QED) is 0.670. The Labute approximate surface area is 78.1 Å². The molecule has 2 aromatic rings. The number of hydrogen-bond donors (Lipinski definition) is 2. The van der Waals surface area contributed by atoms with Gasteiger partial charge < -0.3 is 10.2 Å². The van der Waals surface area contributed by atoms with Crippen molar-refractivity contribution in [2.24, 2.45) is 0 Å². The molecule has 13 heavy (non-hydrogen) atoms. The predicted octanol–water partition coefficient (Wildman–Crippen LogP) is 2.18. The van der Waals surface area contributed by atoms with E-state index in [1.807, 2.05) is 6.07 Å². The number of aromatic hydroxyl groups is 2. The van der Waals surface area contributed by atoms with Crippen LogP contribution in [0, 0.1) is 11.3 Å². The topological polar surface area (TPSA) is 64.2 Å². The van der Waals surface area contributed by atoms with Gasteiger partial charge in [0.2, 0.25) is 0 Å². The molecule has 2 N–H and O–H groups in total. The molecule has 0 aliphatic carbocycles. The zero-order chi connectivity index (χ0) is 9.42. The Kier molecular flexibility index (Phi) is 1.61. The average Bonchev–Trinajstić information content (AvgIpc) is 2.47. The number of rotatable bonds is 0. The normalized spacial score (nSPS) is 10.1. The van der Waals surface area contributed by atoms with Gasteiger partial charge in [-0.15, -0.1) is 0 Å². The molecule has 0 aliphatic heterocycles. The number of phenols is 1. The number of nitrogens with zero attached hydrogens (tertiary/aromatic N) is 1. The monoisotopic (exact) mass is 191 g/mol. The molecular formula is C9H5NO2S. The number of benzene rings is 1. The van der Waals surface area contributed by atoms with Crippen LogP contribution >= 0.6 is 11.3 Å². The largest absolute Gasteiger partial charge is 0.506 e. The highest BCUT2D eigenvalue weighted by atomic mass is 32.1. The van der Waals surface area contributed by atoms with Gasteiger partial charge >= 0.3 is 0 Å². The lowest BCUT2D eigenvalue weighted by Gasteiger charge is -1.95. The fraction of sp³-hybridized carbons (Fsp3) is 0. The van der Waals surface area contributed by atoms with Crippen LogP contribution in [0.25, 0.3) is 10.1 Å². The van der Waals surface area contributed by atoms with Crippen molar-refractivity contribution in [3.63, 3.8) is 0 Å². The van der Waals surface area contributed by atoms with Crippen LogP contribution in [0.2, 0.25) is 0 Å². The summed E-state index contributed by atoms with van der Waals surface area (Å²) in [5.41, 5.74) is 0.227. The second-order valence-corrected chi connectivity index (χ2v) is 3.63. The number of hydrogen-bond acceptors (Lipinski definition) is 4. The number of phenolic OH excluding ortho intramolecular Hbond substituents is 1. The maximum absolute atomic E-state index is 9.54. The molecule has 3 nitrogen and oxygen atoms in total. The van der Waals surface area contributed by atoms with Crippen molar-refractivity contribution in [3.8, 4) is 16.9 Å². The van der Waals surface area contributed by atoms with Crippen LogP contribution in [0.5, 0.6) is 10.8 Å². The maximum Gasteiger partial charge on any atom is 0.172 e. The second kappa shape index (κ2) is 2.64. The van der Waals surface area contributed by atoms with Gasteiger partial charge in [-0.05, 0) is 12.1 Å². The van der Waals surface area contributed by atoms with E-state index in [1.54, 1.807) is 6.07 Å². The molecule has 0 atom stereocenters. The Balaban J connectivity index is 2.87. The molecule has 1 aromatic heterocycles. The smallest absolute Gasteiger partial charge is 0.172 e. The van der Waals surface area contributed by atoms with Crippen LogP contribution in [0.3, 0.4) is 0 Å². The summed E-state index contributed by atoms with van der Waals surface area (Å²) in [7, 11) is 0. The van der Waals surface area contributed by atoms with Gasteiger partial charge in [0.1, 0.15) is 11.8 Å². The van der Waals surface area contributed by atoms with E-state index in [2.05, 4.69) is 0 Å². The molecule has 0 saturated carbocycles. The molecule has 0 radical (unpaired) electrons. The van der Waals surface area contributed by atoms with Crippen LogP contribution in [0.15, 0.2) is 18.2 Å². The Morgan fingerprint density at radius 3 is 2.77 bits per heavy atom. The summed E-state index contributed by atoms with van der Waals surface area (Å²) < 4.78 is 0.772. The summed E-state index contributed by atoms with van der Waals surface area (Å²) in [6.07, 6.45) is 0. The van der Waals surface area contributed by atoms with E-state index in [9.17, 15) is 5.11 Å². The first-order valence-electron chi connectivity index (χ1n) is 3.57. The van der Waals surface area contributed by atoms with Gasteiger partial charge in [0.05, 0.1) is 5.56 Å². The number of fused-ring (bicyclic) bond motifs is 1. The minimum Gasteiger partial charge on any atom is -0.506 e. The molecule has 4 heteroatoms. The molecule has 1 aromatic carbocycles. The first kappa shape index (κ1) is 7.90. The van der Waals surface area contributed by atoms with Gasteiger partial charge in [0, 0.05) is 16.2 Å². The van der Waals surface area contributed by atoms with Gasteiger partial charge in [-0.3, -0.25) is 0 Å². The lowest BCUT2D eigenvalue weighted by atomic mass is 10.1. The van der Waals surface area contributed by atoms with Gasteiger partial charge in [0.15, 0.2) is 5.06 Å². The van der Waals surface area contributed by atoms with Gasteiger partial charge in [-0.1, -0.05) is 11.3 Å². The summed E-state index contributed by atoms with van der Waals surface area (Å²) in [6, 6.07) is 6.57. The molecule has 0 saturated heterocycles. The molecule has 2 rings (SSSR count). The minimum absolute atomic E-state index is 0.0587. The Morgan fingerprint density at radius 2 is 2.08 bits per heavy atom. The lowest BCUT2D eigenvalue weighted by molar-refractivity contribution is 0.478. The minimum atomic E-state index is -0.0587. The van der Waals surface area contributed by atoms with E-state index >= 15 is 0 Å². The second-order valence-electron chi connectivity index (χ2n) is 2.57. The molecule has 1 heterocycles. The Bertz CT molecular complexity index is 510. The third-order valence-corrected chi connectivity index (χ3v) is 2.68. The molecule has 0 bridgehead atoms. The summed E-state index contributed by atoms with van der Waals surface area (Å²) >= 11 is 1.17. The zero-order valence-electron chi connectivity index (χ0n) is 6.48. The van der Waals surface area contributed by atoms with Crippen molar-refractivity contribution in [1.82, 2.24) is 0 Å². The highest BCUT2D eigenvalue weighted by Gasteiger charge is 2.08. The molecule has 0 amide bonds. The summed E-state index contributed by atoms with van der Waals surface area (Å²) in [4.78, 5) is 0. The first-order chi connectivity index (χ1) is 6.22. The van der Waals surface area contributed by atoms with Crippen LogP contribution < -0.4 is 0 Å². The van der Waals surface area contributed by atoms with E-state index in [0.717, 1.165) is 4.70 Å². The fourth-order valence-electron chi connectivity index (χ4n) is 1.17. The third-order valence-electron chi connectivity index (χ3n) is 1.78. The SMILES string of the molecule is N#Cc1ccc2sc(O)cc2c1O. The van der Waals surface area contributed by atoms with Crippen molar-refractivity contribution in [1.29, 1.82) is 5.26 Å². The van der Waals surface area contributed by atoms with Crippen LogP contribution in [-0.2, 0) is 0 Å². The molecular weight excluding hydrogens is 186 g/mol. The van der Waals surface area contributed by atoms with Crippen LogP contribution in [0.1, 0.15) is 5.56 Å². The van der Waals surface area contributed by atoms with E-state index in [4.69, 9.17) is 10.4 Å². The highest BCUT2D eigenvalue weighted by molar-refractivity contribution is 7.20. The van der Waals surface area contributed by atoms with Crippen LogP contribution in [-0.4, -0.2) is 10.2 Å². The van der Waals surface area contributed by atoms with Crippen molar-refractivity contribution >= 4 is 21.4 Å². The number of nitriles is 1. The predicted molar refractivity (Wildman–Crippen MR) is 49.9 cm³/mol. The van der Waals surface area contributed by atoms with E-state index in [-0.39, 0.29) is 16.4 Å². The number of thiophene rings is 1. The molecule has 0 fully saturated rings. The average molecular weight is 191 g/mol. The summed E-state index contributed by atoms with van der Waals surface area (Å²) in [5, 5.41) is 28.0. The van der Waals surface area contributed by atoms with E-state index in [1.165, 1.54) is 23.5 Å². The first-order valence-corrected chi connectivity index (χ1v) is 4.38. The van der Waals surface area contributed by atoms with Crippen LogP contribution in [0.4, 0.5) is 0 Å². The van der Waals surface area contributed by atoms with Gasteiger partial charge in [-0.2, -0.15) is 5.26 Å². The standard InChI is InChI=1S/C9H5NO2S/c10-4-5-1-2-7-6(9(5)12)3-8(11)13-7/h1-3,11-12H. The highest BCUT2D eigenvalue weighted by Crippen LogP contribution is 2.37. The molecule has 0 aliphatic rings. The molecule has 64 valence electrons. The zero-order valence-corrected chi connectivity index (χ0v) is 7.30. The maximum atomic E-state index is 9.54. The van der Waals surface area contributed by atoms with Crippen molar-refractivity contribution < 1.29 is 10.2 Å². The molecule has 0 unspecified atom stereocenters. The van der Waals surface area contributed by atoms with Gasteiger partial charge in [0.25, 0.3) is 0 Å². The van der Waals surface area contributed by atoms with Crippen molar-refractivity contribution in [2.75, 3.05) is 0 Å². The third kappa shape index (κ3) is 1.10. The summed E-state index contributed by atoms with van der Waals surface area (Å²) in [6.45, 7) is 0. The Morgan fingerprint density at radius 1 is 1.31 bits per heavy atom. The van der Waals surface area contributed by atoms with Crippen molar-refractivity contribution in [2.45, 2.75) is 0 Å². The summed E-state index contributed by atoms with van der Waals surface area (Å²) in [5.74, 6) is -0.0587. The molecule has 0 spiro atoms.